The summed E-state index contributed by atoms with van der Waals surface area (Å²) in [6.07, 6.45) is 4.53. The Balaban J connectivity index is 1.37. The summed E-state index contributed by atoms with van der Waals surface area (Å²) in [5.41, 5.74) is 8.95. The maximum atomic E-state index is 13.3. The van der Waals surface area contributed by atoms with E-state index in [-0.39, 0.29) is 18.2 Å². The van der Waals surface area contributed by atoms with E-state index < -0.39 is 11.2 Å². The third-order valence-corrected chi connectivity index (χ3v) is 10.3. The van der Waals surface area contributed by atoms with Crippen molar-refractivity contribution in [2.75, 3.05) is 13.1 Å². The zero-order valence-corrected chi connectivity index (χ0v) is 25.1. The van der Waals surface area contributed by atoms with Gasteiger partial charge >= 0.3 is 5.63 Å². The summed E-state index contributed by atoms with van der Waals surface area (Å²) in [7, 11) is 0. The Morgan fingerprint density at radius 3 is 2.30 bits per heavy atom. The Morgan fingerprint density at radius 1 is 0.925 bits per heavy atom. The molecule has 1 aromatic heterocycles. The lowest BCUT2D eigenvalue weighted by Gasteiger charge is -2.47. The fourth-order valence-corrected chi connectivity index (χ4v) is 6.94. The average Bonchev–Trinajstić information content (AvgIpc) is 2.93. The van der Waals surface area contributed by atoms with Crippen LogP contribution in [0.15, 0.2) is 21.3 Å². The molecule has 214 valence electrons. The molecule has 0 radical (unpaired) electrons. The molecule has 2 aliphatic rings. The molecule has 0 spiro atoms. The molecule has 3 aromatic rings. The molecule has 2 heterocycles. The number of aryl methyl sites for hydroxylation is 2. The highest BCUT2D eigenvalue weighted by molar-refractivity contribution is 5.87. The molecule has 1 saturated carbocycles. The number of piperidine rings is 1. The Bertz CT molecular complexity index is 1520. The number of ether oxygens (including phenoxy) is 1. The first-order valence-corrected chi connectivity index (χ1v) is 14.7. The smallest absolute Gasteiger partial charge is 0.340 e. The number of carbonyl (C=O) groups excluding carboxylic acids is 1. The molecule has 40 heavy (non-hydrogen) atoms. The second-order valence-corrected chi connectivity index (χ2v) is 12.3. The zero-order valence-electron chi connectivity index (χ0n) is 25.1. The maximum Gasteiger partial charge on any atom is 0.340 e. The number of fused-ring (bicyclic) bond motifs is 2. The summed E-state index contributed by atoms with van der Waals surface area (Å²) >= 11 is 0. The van der Waals surface area contributed by atoms with Gasteiger partial charge in [0.15, 0.2) is 0 Å². The first-order chi connectivity index (χ1) is 18.9. The second-order valence-electron chi connectivity index (χ2n) is 12.3. The standard InChI is InChI=1S/C34H43NO5/c1-19-20(2)22(4)29(23(5)21(19)3)18-39-30-12-11-27-24(6)28(33(37)40-32(27)25(30)7)16-31(36)35-15-14-34(38)13-9-8-10-26(34)17-35/h11-12,26,38H,8-10,13-18H2,1-7H3/t26-,34-/m1/s1. The van der Waals surface area contributed by atoms with Gasteiger partial charge in [0.2, 0.25) is 5.91 Å². The summed E-state index contributed by atoms with van der Waals surface area (Å²) in [6, 6.07) is 3.86. The molecule has 1 aliphatic heterocycles. The molecule has 2 fully saturated rings. The van der Waals surface area contributed by atoms with Crippen LogP contribution in [0.3, 0.4) is 0 Å². The van der Waals surface area contributed by atoms with Gasteiger partial charge in [-0.15, -0.1) is 0 Å². The summed E-state index contributed by atoms with van der Waals surface area (Å²) in [4.78, 5) is 28.3. The lowest BCUT2D eigenvalue weighted by atomic mass is 9.71. The van der Waals surface area contributed by atoms with E-state index in [2.05, 4.69) is 34.6 Å². The van der Waals surface area contributed by atoms with Crippen molar-refractivity contribution >= 4 is 16.9 Å². The Labute approximate surface area is 237 Å². The molecule has 0 unspecified atom stereocenters. The molecule has 0 bridgehead atoms. The number of hydrogen-bond donors (Lipinski definition) is 1. The average molecular weight is 546 g/mol. The third-order valence-electron chi connectivity index (χ3n) is 10.3. The molecule has 6 nitrogen and oxygen atoms in total. The van der Waals surface area contributed by atoms with E-state index in [4.69, 9.17) is 9.15 Å². The van der Waals surface area contributed by atoms with Crippen molar-refractivity contribution in [2.24, 2.45) is 5.92 Å². The number of aliphatic hydroxyl groups is 1. The van der Waals surface area contributed by atoms with Crippen molar-refractivity contribution in [2.45, 2.75) is 99.2 Å². The molecule has 2 aromatic carbocycles. The van der Waals surface area contributed by atoms with Crippen molar-refractivity contribution in [3.63, 3.8) is 0 Å². The highest BCUT2D eigenvalue weighted by atomic mass is 16.5. The lowest BCUT2D eigenvalue weighted by molar-refractivity contribution is -0.142. The van der Waals surface area contributed by atoms with Gasteiger partial charge in [-0.05, 0) is 119 Å². The van der Waals surface area contributed by atoms with Gasteiger partial charge in [-0.1, -0.05) is 12.8 Å². The summed E-state index contributed by atoms with van der Waals surface area (Å²) in [6.45, 7) is 16.1. The van der Waals surface area contributed by atoms with E-state index in [1.165, 1.54) is 33.4 Å². The van der Waals surface area contributed by atoms with E-state index in [1.807, 2.05) is 30.9 Å². The van der Waals surface area contributed by atoms with Crippen LogP contribution in [0.5, 0.6) is 5.75 Å². The van der Waals surface area contributed by atoms with Gasteiger partial charge in [0.05, 0.1) is 17.6 Å². The zero-order chi connectivity index (χ0) is 28.9. The molecular weight excluding hydrogens is 502 g/mol. The van der Waals surface area contributed by atoms with Gasteiger partial charge in [-0.2, -0.15) is 0 Å². The molecule has 1 aliphatic carbocycles. The van der Waals surface area contributed by atoms with E-state index in [0.29, 0.717) is 43.0 Å². The summed E-state index contributed by atoms with van der Waals surface area (Å²) in [5.74, 6) is 0.727. The molecular formula is C34H43NO5. The molecule has 6 heteroatoms. The highest BCUT2D eigenvalue weighted by Crippen LogP contribution is 2.40. The lowest BCUT2D eigenvalue weighted by Crippen LogP contribution is -2.55. The quantitative estimate of drug-likeness (QED) is 0.385. The van der Waals surface area contributed by atoms with Crippen LogP contribution in [-0.4, -0.2) is 34.6 Å². The van der Waals surface area contributed by atoms with Crippen LogP contribution in [0.2, 0.25) is 0 Å². The molecule has 5 rings (SSSR count). The van der Waals surface area contributed by atoms with Crippen LogP contribution in [0.4, 0.5) is 0 Å². The third kappa shape index (κ3) is 4.85. The van der Waals surface area contributed by atoms with Crippen molar-refractivity contribution in [1.29, 1.82) is 0 Å². The Morgan fingerprint density at radius 2 is 1.60 bits per heavy atom. The summed E-state index contributed by atoms with van der Waals surface area (Å²) in [5, 5.41) is 11.8. The van der Waals surface area contributed by atoms with Crippen LogP contribution >= 0.6 is 0 Å². The SMILES string of the molecule is Cc1c(C)c(C)c(COc2ccc3c(C)c(CC(=O)N4CC[C@]5(O)CCCC[C@@H]5C4)c(=O)oc3c2C)c(C)c1C. The predicted molar refractivity (Wildman–Crippen MR) is 158 cm³/mol. The number of amides is 1. The first kappa shape index (κ1) is 28.4. The monoisotopic (exact) mass is 545 g/mol. The van der Waals surface area contributed by atoms with E-state index in [9.17, 15) is 14.7 Å². The van der Waals surface area contributed by atoms with Gasteiger partial charge in [0.25, 0.3) is 0 Å². The van der Waals surface area contributed by atoms with E-state index in [0.717, 1.165) is 42.2 Å². The van der Waals surface area contributed by atoms with Gasteiger partial charge in [0, 0.05) is 30.0 Å². The maximum absolute atomic E-state index is 13.3. The number of nitrogens with zero attached hydrogens (tertiary/aromatic N) is 1. The van der Waals surface area contributed by atoms with Crippen LogP contribution in [0.25, 0.3) is 11.0 Å². The number of benzene rings is 2. The van der Waals surface area contributed by atoms with Crippen LogP contribution < -0.4 is 10.4 Å². The number of carbonyl (C=O) groups is 1. The van der Waals surface area contributed by atoms with Gasteiger partial charge < -0.3 is 19.2 Å². The van der Waals surface area contributed by atoms with Crippen molar-refractivity contribution in [3.8, 4) is 5.75 Å². The van der Waals surface area contributed by atoms with Crippen molar-refractivity contribution in [3.05, 3.63) is 72.6 Å². The van der Waals surface area contributed by atoms with Crippen molar-refractivity contribution < 1.29 is 19.1 Å². The van der Waals surface area contributed by atoms with Crippen LogP contribution in [-0.2, 0) is 17.8 Å². The largest absolute Gasteiger partial charge is 0.488 e. The normalized spacial score (nSPS) is 21.0. The Hall–Kier alpha value is -3.12. The number of likely N-dealkylation sites (tertiary alicyclic amines) is 1. The first-order valence-electron chi connectivity index (χ1n) is 14.7. The van der Waals surface area contributed by atoms with Crippen LogP contribution in [0, 0.1) is 54.4 Å². The van der Waals surface area contributed by atoms with Crippen LogP contribution in [0.1, 0.15) is 82.2 Å². The fourth-order valence-electron chi connectivity index (χ4n) is 6.94. The minimum absolute atomic E-state index is 0.0111. The van der Waals surface area contributed by atoms with Crippen molar-refractivity contribution in [1.82, 2.24) is 4.90 Å². The van der Waals surface area contributed by atoms with Gasteiger partial charge in [0.1, 0.15) is 17.9 Å². The number of rotatable bonds is 5. The van der Waals surface area contributed by atoms with Gasteiger partial charge in [-0.25, -0.2) is 4.79 Å². The highest BCUT2D eigenvalue weighted by Gasteiger charge is 2.43. The number of hydrogen-bond acceptors (Lipinski definition) is 5. The topological polar surface area (TPSA) is 80.0 Å². The minimum atomic E-state index is -0.640. The molecule has 1 saturated heterocycles. The molecule has 1 amide bonds. The Kier molecular flexibility index (Phi) is 7.60. The fraction of sp³-hybridized carbons (Fsp3) is 0.529. The van der Waals surface area contributed by atoms with E-state index >= 15 is 0 Å². The molecule has 1 N–H and O–H groups in total. The van der Waals surface area contributed by atoms with E-state index in [1.54, 1.807) is 0 Å². The van der Waals surface area contributed by atoms with Gasteiger partial charge in [-0.3, -0.25) is 4.79 Å². The minimum Gasteiger partial charge on any atom is -0.488 e. The summed E-state index contributed by atoms with van der Waals surface area (Å²) < 4.78 is 12.1. The second kappa shape index (κ2) is 10.7. The predicted octanol–water partition coefficient (Wildman–Crippen LogP) is 6.23. The molecule has 2 atom stereocenters.